The molecule has 1 atom stereocenters. The van der Waals surface area contributed by atoms with Crippen LogP contribution in [0.4, 0.5) is 11.5 Å². The number of thiazole rings is 1. The van der Waals surface area contributed by atoms with E-state index in [0.29, 0.717) is 23.7 Å². The summed E-state index contributed by atoms with van der Waals surface area (Å²) in [5, 5.41) is 7.07. The number of likely N-dealkylation sites (N-methyl/N-ethyl adjacent to an activating group) is 1. The first-order valence-corrected chi connectivity index (χ1v) is 13.2. The zero-order chi connectivity index (χ0) is 24.2. The predicted octanol–water partition coefficient (Wildman–Crippen LogP) is 4.76. The summed E-state index contributed by atoms with van der Waals surface area (Å²) in [4.78, 5) is 23.9. The van der Waals surface area contributed by atoms with Crippen molar-refractivity contribution in [2.75, 3.05) is 50.9 Å². The lowest BCUT2D eigenvalue weighted by molar-refractivity contribution is 0.212. The van der Waals surface area contributed by atoms with E-state index in [0.717, 1.165) is 53.3 Å². The molecule has 0 amide bonds. The van der Waals surface area contributed by atoms with Crippen LogP contribution >= 0.6 is 11.3 Å². The van der Waals surface area contributed by atoms with Gasteiger partial charge < -0.3 is 15.5 Å². The Kier molecular flexibility index (Phi) is 7.91. The summed E-state index contributed by atoms with van der Waals surface area (Å²) in [6.45, 7) is 10.3. The number of nitrogens with one attached hydrogen (secondary N) is 2. The number of anilines is 2. The molecular formula is C26H38N6OS. The molecule has 0 saturated carbocycles. The molecule has 0 aliphatic carbocycles. The maximum Gasteiger partial charge on any atom is 0.217 e. The molecule has 184 valence electrons. The van der Waals surface area contributed by atoms with Gasteiger partial charge in [0.2, 0.25) is 5.43 Å². The van der Waals surface area contributed by atoms with E-state index in [2.05, 4.69) is 69.9 Å². The Labute approximate surface area is 206 Å². The van der Waals surface area contributed by atoms with E-state index >= 15 is 0 Å². The minimum Gasteiger partial charge on any atom is -0.378 e. The van der Waals surface area contributed by atoms with Crippen LogP contribution in [0.1, 0.15) is 45.6 Å². The largest absolute Gasteiger partial charge is 0.378 e. The Morgan fingerprint density at radius 2 is 2.00 bits per heavy atom. The number of rotatable bonds is 11. The molecule has 7 nitrogen and oxygen atoms in total. The number of pyridine rings is 1. The molecule has 1 aromatic carbocycles. The molecule has 2 N–H and O–H groups in total. The van der Waals surface area contributed by atoms with Gasteiger partial charge in [-0.3, -0.25) is 19.1 Å². The topological polar surface area (TPSA) is 64.4 Å². The highest BCUT2D eigenvalue weighted by Crippen LogP contribution is 2.35. The molecule has 3 aromatic rings. The van der Waals surface area contributed by atoms with E-state index in [4.69, 9.17) is 4.99 Å². The molecular weight excluding hydrogens is 444 g/mol. The van der Waals surface area contributed by atoms with Crippen molar-refractivity contribution >= 4 is 44.1 Å². The van der Waals surface area contributed by atoms with Gasteiger partial charge in [-0.1, -0.05) is 32.9 Å². The van der Waals surface area contributed by atoms with Crippen LogP contribution < -0.4 is 16.1 Å². The Morgan fingerprint density at radius 1 is 1.21 bits per heavy atom. The van der Waals surface area contributed by atoms with Crippen LogP contribution in [0.3, 0.4) is 0 Å². The Morgan fingerprint density at radius 3 is 2.74 bits per heavy atom. The number of para-hydroxylation sites is 1. The first-order valence-electron chi connectivity index (χ1n) is 12.4. The molecule has 2 aromatic heterocycles. The van der Waals surface area contributed by atoms with Gasteiger partial charge in [0.1, 0.15) is 16.3 Å². The second-order valence-electron chi connectivity index (χ2n) is 9.78. The fourth-order valence-electron chi connectivity index (χ4n) is 4.49. The third-order valence-electron chi connectivity index (χ3n) is 6.24. The zero-order valence-corrected chi connectivity index (χ0v) is 21.9. The van der Waals surface area contributed by atoms with Crippen LogP contribution in [0.5, 0.6) is 0 Å². The standard InChI is InChI=1S/C26H38N6OS/c1-6-14-31(15-9-10-18(2)3)26-28-17-19-23(33)22(27-13-16-30(4)5)25-32(24(19)29-26)20-11-7-8-12-21(20)34-25/h7-8,11-12,17-18,26-27,29H,6,9-10,13-16H2,1-5H3. The zero-order valence-electron chi connectivity index (χ0n) is 21.1. The van der Waals surface area contributed by atoms with Crippen molar-refractivity contribution in [3.63, 3.8) is 0 Å². The van der Waals surface area contributed by atoms with Crippen molar-refractivity contribution in [3.05, 3.63) is 40.1 Å². The molecule has 8 heteroatoms. The summed E-state index contributed by atoms with van der Waals surface area (Å²) in [5.74, 6) is 1.54. The predicted molar refractivity (Wildman–Crippen MR) is 147 cm³/mol. The number of benzene rings is 1. The highest BCUT2D eigenvalue weighted by atomic mass is 32.1. The Balaban J connectivity index is 1.76. The van der Waals surface area contributed by atoms with Crippen LogP contribution in [0.15, 0.2) is 34.1 Å². The summed E-state index contributed by atoms with van der Waals surface area (Å²) >= 11 is 1.66. The van der Waals surface area contributed by atoms with Crippen LogP contribution in [-0.4, -0.2) is 67.0 Å². The molecule has 0 bridgehead atoms. The fourth-order valence-corrected chi connectivity index (χ4v) is 5.66. The average Bonchev–Trinajstić information content (AvgIpc) is 3.19. The first kappa shape index (κ1) is 24.7. The molecule has 1 unspecified atom stereocenters. The molecule has 1 aliphatic heterocycles. The Hall–Kier alpha value is -2.42. The van der Waals surface area contributed by atoms with Gasteiger partial charge in [0.25, 0.3) is 0 Å². The second-order valence-corrected chi connectivity index (χ2v) is 10.8. The van der Waals surface area contributed by atoms with E-state index in [1.165, 1.54) is 6.42 Å². The van der Waals surface area contributed by atoms with Gasteiger partial charge in [0, 0.05) is 32.4 Å². The van der Waals surface area contributed by atoms with Gasteiger partial charge in [0.05, 0.1) is 15.8 Å². The van der Waals surface area contributed by atoms with Gasteiger partial charge in [-0.2, -0.15) is 0 Å². The van der Waals surface area contributed by atoms with Crippen LogP contribution in [0, 0.1) is 5.92 Å². The average molecular weight is 483 g/mol. The smallest absolute Gasteiger partial charge is 0.217 e. The van der Waals surface area contributed by atoms with Gasteiger partial charge in [-0.25, -0.2) is 0 Å². The van der Waals surface area contributed by atoms with Gasteiger partial charge in [-0.15, -0.1) is 11.3 Å². The summed E-state index contributed by atoms with van der Waals surface area (Å²) in [7, 11) is 4.08. The summed E-state index contributed by atoms with van der Waals surface area (Å²) in [5.41, 5.74) is 2.41. The number of hydrogen-bond donors (Lipinski definition) is 2. The molecule has 0 fully saturated rings. The number of fused-ring (bicyclic) bond motifs is 5. The van der Waals surface area contributed by atoms with Gasteiger partial charge in [0.15, 0.2) is 6.29 Å². The monoisotopic (exact) mass is 482 g/mol. The molecule has 0 saturated heterocycles. The molecule has 0 spiro atoms. The molecule has 34 heavy (non-hydrogen) atoms. The highest BCUT2D eigenvalue weighted by molar-refractivity contribution is 7.24. The van der Waals surface area contributed by atoms with Gasteiger partial charge in [-0.05, 0) is 51.4 Å². The molecule has 0 radical (unpaired) electrons. The van der Waals surface area contributed by atoms with E-state index in [1.54, 1.807) is 17.6 Å². The maximum atomic E-state index is 13.6. The number of aromatic nitrogens is 1. The second kappa shape index (κ2) is 10.9. The van der Waals surface area contributed by atoms with Crippen LogP contribution in [0.25, 0.3) is 15.0 Å². The lowest BCUT2D eigenvalue weighted by Crippen LogP contribution is -2.43. The maximum absolute atomic E-state index is 13.6. The van der Waals surface area contributed by atoms with E-state index in [9.17, 15) is 4.79 Å². The van der Waals surface area contributed by atoms with E-state index in [1.807, 2.05) is 14.1 Å². The summed E-state index contributed by atoms with van der Waals surface area (Å²) in [6.07, 6.45) is 5.03. The van der Waals surface area contributed by atoms with Crippen molar-refractivity contribution in [2.45, 2.75) is 46.3 Å². The lowest BCUT2D eigenvalue weighted by Gasteiger charge is -2.33. The van der Waals surface area contributed by atoms with E-state index < -0.39 is 0 Å². The SMILES string of the molecule is CCCN(CCCC(C)C)C1N=Cc2c(n3c(sc4ccccc43)c(NCCN(C)C)c2=O)N1. The van der Waals surface area contributed by atoms with Gasteiger partial charge >= 0.3 is 0 Å². The number of nitrogens with zero attached hydrogens (tertiary/aromatic N) is 4. The molecule has 3 heterocycles. The first-order chi connectivity index (χ1) is 16.4. The van der Waals surface area contributed by atoms with Crippen molar-refractivity contribution in [2.24, 2.45) is 10.9 Å². The quantitative estimate of drug-likeness (QED) is 0.412. The summed E-state index contributed by atoms with van der Waals surface area (Å²) in [6, 6.07) is 8.36. The number of hydrogen-bond acceptors (Lipinski definition) is 7. The fraction of sp³-hybridized carbons (Fsp3) is 0.538. The normalized spacial score (nSPS) is 15.6. The van der Waals surface area contributed by atoms with Crippen molar-refractivity contribution in [1.82, 2.24) is 14.2 Å². The lowest BCUT2D eigenvalue weighted by atomic mass is 10.1. The summed E-state index contributed by atoms with van der Waals surface area (Å²) < 4.78 is 3.37. The minimum atomic E-state index is -0.166. The van der Waals surface area contributed by atoms with E-state index in [-0.39, 0.29) is 11.7 Å². The highest BCUT2D eigenvalue weighted by Gasteiger charge is 2.27. The number of aliphatic imine (C=N–C) groups is 1. The molecule has 1 aliphatic rings. The minimum absolute atomic E-state index is 0.0110. The van der Waals surface area contributed by atoms with Crippen LogP contribution in [-0.2, 0) is 0 Å². The van der Waals surface area contributed by atoms with Crippen LogP contribution in [0.2, 0.25) is 0 Å². The third kappa shape index (κ3) is 5.14. The molecule has 4 rings (SSSR count). The van der Waals surface area contributed by atoms with Crippen molar-refractivity contribution in [1.29, 1.82) is 0 Å². The Bertz CT molecular complexity index is 1210. The third-order valence-corrected chi connectivity index (χ3v) is 7.38. The van der Waals surface area contributed by atoms with Crippen molar-refractivity contribution in [3.8, 4) is 0 Å². The van der Waals surface area contributed by atoms with Crippen molar-refractivity contribution < 1.29 is 0 Å².